The van der Waals surface area contributed by atoms with Crippen LogP contribution in [-0.4, -0.2) is 33.0 Å². The third-order valence-corrected chi connectivity index (χ3v) is 1.77. The lowest BCUT2D eigenvalue weighted by Crippen LogP contribution is -2.12. The largest absolute Gasteiger partial charge is 0.461 e. The summed E-state index contributed by atoms with van der Waals surface area (Å²) >= 11 is 0. The van der Waals surface area contributed by atoms with Crippen LogP contribution in [0, 0.1) is 0 Å². The first-order valence-electron chi connectivity index (χ1n) is 2.92. The molecule has 0 aliphatic rings. The first kappa shape index (κ1) is 10.2. The van der Waals surface area contributed by atoms with E-state index in [4.69, 9.17) is 0 Å². The minimum Gasteiger partial charge on any atom is -0.461 e. The van der Waals surface area contributed by atoms with Crippen molar-refractivity contribution in [1.82, 2.24) is 0 Å². The van der Waals surface area contributed by atoms with Crippen molar-refractivity contribution in [3.05, 3.63) is 12.7 Å². The molecule has 0 aliphatic heterocycles. The van der Waals surface area contributed by atoms with E-state index in [1.54, 1.807) is 0 Å². The maximum atomic E-state index is 10.5. The number of rotatable bonds is 4. The van der Waals surface area contributed by atoms with E-state index < -0.39 is 15.8 Å². The Bertz CT molecular complexity index is 239. The maximum Gasteiger partial charge on any atom is 0.330 e. The molecule has 64 valence electrons. The lowest BCUT2D eigenvalue weighted by molar-refractivity contribution is -0.137. The van der Waals surface area contributed by atoms with Gasteiger partial charge in [0.05, 0.1) is 5.75 Å². The van der Waals surface area contributed by atoms with Crippen molar-refractivity contribution in [2.75, 3.05) is 18.6 Å². The summed E-state index contributed by atoms with van der Waals surface area (Å²) < 4.78 is 25.4. The Hall–Kier alpha value is -0.840. The summed E-state index contributed by atoms with van der Waals surface area (Å²) in [5.74, 6) is -0.749. The first-order valence-corrected chi connectivity index (χ1v) is 4.98. The lowest BCUT2D eigenvalue weighted by Gasteiger charge is -1.98. The van der Waals surface area contributed by atoms with Crippen molar-refractivity contribution in [1.29, 1.82) is 0 Å². The van der Waals surface area contributed by atoms with Crippen LogP contribution in [-0.2, 0) is 19.4 Å². The van der Waals surface area contributed by atoms with Crippen molar-refractivity contribution in [2.24, 2.45) is 0 Å². The molecule has 11 heavy (non-hydrogen) atoms. The molecule has 0 unspecified atom stereocenters. The Morgan fingerprint density at radius 1 is 1.64 bits per heavy atom. The molecule has 0 aromatic heterocycles. The summed E-state index contributed by atoms with van der Waals surface area (Å²) in [5.41, 5.74) is 0. The molecular weight excluding hydrogens is 168 g/mol. The average Bonchev–Trinajstić information content (AvgIpc) is 1.85. The summed E-state index contributed by atoms with van der Waals surface area (Å²) in [4.78, 5) is 10.4. The number of carbonyl (C=O) groups is 1. The molecular formula is C6H10O4S. The number of ether oxygens (including phenoxy) is 1. The number of esters is 1. The van der Waals surface area contributed by atoms with E-state index in [2.05, 4.69) is 11.3 Å². The normalized spacial score (nSPS) is 10.6. The van der Waals surface area contributed by atoms with E-state index >= 15 is 0 Å². The van der Waals surface area contributed by atoms with Crippen LogP contribution in [0.3, 0.4) is 0 Å². The van der Waals surface area contributed by atoms with E-state index in [1.807, 2.05) is 0 Å². The summed E-state index contributed by atoms with van der Waals surface area (Å²) in [6, 6.07) is 0. The highest BCUT2D eigenvalue weighted by Gasteiger charge is 2.02. The van der Waals surface area contributed by atoms with Gasteiger partial charge in [-0.3, -0.25) is 0 Å². The average molecular weight is 178 g/mol. The van der Waals surface area contributed by atoms with Crippen molar-refractivity contribution in [2.45, 2.75) is 0 Å². The Balaban J connectivity index is 3.59. The third-order valence-electron chi connectivity index (χ3n) is 0.865. The maximum absolute atomic E-state index is 10.5. The molecule has 0 radical (unpaired) electrons. The number of sulfone groups is 1. The molecule has 0 N–H and O–H groups in total. The molecule has 0 rings (SSSR count). The summed E-state index contributed by atoms with van der Waals surface area (Å²) in [5, 5.41) is 0. The summed E-state index contributed by atoms with van der Waals surface area (Å²) in [6.45, 7) is 3.04. The Morgan fingerprint density at radius 3 is 2.55 bits per heavy atom. The molecule has 0 saturated carbocycles. The zero-order valence-electron chi connectivity index (χ0n) is 6.24. The molecule has 0 fully saturated rings. The van der Waals surface area contributed by atoms with Crippen molar-refractivity contribution < 1.29 is 17.9 Å². The minimum atomic E-state index is -3.04. The van der Waals surface area contributed by atoms with Gasteiger partial charge in [-0.05, 0) is 0 Å². The molecule has 5 heteroatoms. The molecule has 0 saturated heterocycles. The molecule has 0 atom stereocenters. The smallest absolute Gasteiger partial charge is 0.330 e. The van der Waals surface area contributed by atoms with Crippen molar-refractivity contribution >= 4 is 15.8 Å². The van der Waals surface area contributed by atoms with E-state index in [0.717, 1.165) is 12.3 Å². The molecule has 0 aliphatic carbocycles. The monoisotopic (exact) mass is 178 g/mol. The van der Waals surface area contributed by atoms with Crippen LogP contribution in [0.25, 0.3) is 0 Å². The highest BCUT2D eigenvalue weighted by atomic mass is 32.2. The van der Waals surface area contributed by atoms with E-state index in [-0.39, 0.29) is 12.4 Å². The minimum absolute atomic E-state index is 0.107. The van der Waals surface area contributed by atoms with Crippen LogP contribution >= 0.6 is 0 Å². The molecule has 0 heterocycles. The van der Waals surface area contributed by atoms with Gasteiger partial charge < -0.3 is 4.74 Å². The second-order valence-corrected chi connectivity index (χ2v) is 4.26. The second kappa shape index (κ2) is 4.12. The molecule has 0 spiro atoms. The molecule has 0 bridgehead atoms. The Kier molecular flexibility index (Phi) is 3.81. The summed E-state index contributed by atoms with van der Waals surface area (Å²) in [6.07, 6.45) is 2.07. The van der Waals surface area contributed by atoms with E-state index in [9.17, 15) is 13.2 Å². The van der Waals surface area contributed by atoms with Gasteiger partial charge in [-0.15, -0.1) is 0 Å². The molecule has 4 nitrogen and oxygen atoms in total. The number of hydrogen-bond donors (Lipinski definition) is 0. The fourth-order valence-corrected chi connectivity index (χ4v) is 0.739. The van der Waals surface area contributed by atoms with E-state index in [1.165, 1.54) is 0 Å². The lowest BCUT2D eigenvalue weighted by atomic mass is 10.6. The standard InChI is InChI=1S/C6H10O4S/c1-3-6(7)10-4-5-11(2,8)9/h3H,1,4-5H2,2H3. The van der Waals surface area contributed by atoms with Gasteiger partial charge in [0.25, 0.3) is 0 Å². The predicted octanol–water partition coefficient (Wildman–Crippen LogP) is -0.240. The van der Waals surface area contributed by atoms with Gasteiger partial charge >= 0.3 is 5.97 Å². The zero-order chi connectivity index (χ0) is 8.91. The van der Waals surface area contributed by atoms with E-state index in [0.29, 0.717) is 0 Å². The quantitative estimate of drug-likeness (QED) is 0.440. The summed E-state index contributed by atoms with van der Waals surface area (Å²) in [7, 11) is -3.04. The number of hydrogen-bond acceptors (Lipinski definition) is 4. The van der Waals surface area contributed by atoms with Crippen LogP contribution in [0.5, 0.6) is 0 Å². The first-order chi connectivity index (χ1) is 4.95. The van der Waals surface area contributed by atoms with Gasteiger partial charge in [0.2, 0.25) is 0 Å². The highest BCUT2D eigenvalue weighted by Crippen LogP contribution is 1.85. The Labute approximate surface area is 65.8 Å². The fourth-order valence-electron chi connectivity index (χ4n) is 0.353. The SMILES string of the molecule is C=CC(=O)OCCS(C)(=O)=O. The van der Waals surface area contributed by atoms with Gasteiger partial charge in [0.1, 0.15) is 6.61 Å². The predicted molar refractivity (Wildman–Crippen MR) is 40.9 cm³/mol. The van der Waals surface area contributed by atoms with Crippen LogP contribution in [0.1, 0.15) is 0 Å². The number of carbonyl (C=O) groups excluding carboxylic acids is 1. The zero-order valence-corrected chi connectivity index (χ0v) is 7.06. The van der Waals surface area contributed by atoms with Gasteiger partial charge in [-0.1, -0.05) is 6.58 Å². The van der Waals surface area contributed by atoms with Crippen molar-refractivity contribution in [3.8, 4) is 0 Å². The van der Waals surface area contributed by atoms with Crippen molar-refractivity contribution in [3.63, 3.8) is 0 Å². The van der Waals surface area contributed by atoms with Crippen LogP contribution in [0.4, 0.5) is 0 Å². The van der Waals surface area contributed by atoms with Gasteiger partial charge in [0.15, 0.2) is 9.84 Å². The van der Waals surface area contributed by atoms with Crippen LogP contribution in [0.15, 0.2) is 12.7 Å². The van der Waals surface area contributed by atoms with Gasteiger partial charge in [-0.2, -0.15) is 0 Å². The second-order valence-electron chi connectivity index (χ2n) is 2.00. The Morgan fingerprint density at radius 2 is 2.18 bits per heavy atom. The van der Waals surface area contributed by atoms with Gasteiger partial charge in [-0.25, -0.2) is 13.2 Å². The fraction of sp³-hybridized carbons (Fsp3) is 0.500. The molecule has 0 aromatic carbocycles. The third kappa shape index (κ3) is 7.05. The van der Waals surface area contributed by atoms with Gasteiger partial charge in [0, 0.05) is 12.3 Å². The molecule has 0 amide bonds. The van der Waals surface area contributed by atoms with Crippen LogP contribution < -0.4 is 0 Å². The molecule has 0 aromatic rings. The highest BCUT2D eigenvalue weighted by molar-refractivity contribution is 7.90. The van der Waals surface area contributed by atoms with Crippen LogP contribution in [0.2, 0.25) is 0 Å². The topological polar surface area (TPSA) is 60.4 Å².